The molecule has 9 aromatic carbocycles. The fraction of sp³-hybridized carbons (Fsp3) is 0. The van der Waals surface area contributed by atoms with Crippen molar-refractivity contribution in [3.63, 3.8) is 0 Å². The third kappa shape index (κ3) is 5.10. The summed E-state index contributed by atoms with van der Waals surface area (Å²) in [5, 5.41) is 29.6. The van der Waals surface area contributed by atoms with Crippen LogP contribution in [-0.4, -0.2) is 9.55 Å². The lowest BCUT2D eigenvalue weighted by Crippen LogP contribution is -1.94. The molecule has 2 heterocycles. The second-order valence-corrected chi connectivity index (χ2v) is 14.5. The molecule has 4 heteroatoms. The minimum atomic E-state index is 0.639. The topological polar surface area (TPSA) is 65.4 Å². The predicted octanol–water partition coefficient (Wildman–Crippen LogP) is 13.5. The van der Waals surface area contributed by atoms with Gasteiger partial charge in [-0.3, -0.25) is 0 Å². The lowest BCUT2D eigenvalue weighted by molar-refractivity contribution is 1.18. The number of rotatable bonds is 4. The monoisotopic (exact) mass is 722 g/mol. The van der Waals surface area contributed by atoms with Crippen LogP contribution in [0.4, 0.5) is 0 Å². The molecule has 4 nitrogen and oxygen atoms in total. The second-order valence-electron chi connectivity index (χ2n) is 14.5. The zero-order chi connectivity index (χ0) is 38.0. The number of nitrogens with zero attached hydrogens (tertiary/aromatic N) is 4. The smallest absolute Gasteiger partial charge is 0.0991 e. The lowest BCUT2D eigenvalue weighted by atomic mass is 9.89. The number of fused-ring (bicyclic) bond motifs is 11. The molecular formula is C53H30N4. The zero-order valence-corrected chi connectivity index (χ0v) is 30.6. The summed E-state index contributed by atoms with van der Waals surface area (Å²) in [7, 11) is 0. The molecule has 11 rings (SSSR count). The van der Waals surface area contributed by atoms with E-state index in [0.717, 1.165) is 77.3 Å². The van der Waals surface area contributed by atoms with Crippen LogP contribution in [0.1, 0.15) is 11.1 Å². The Labute approximate surface area is 328 Å². The zero-order valence-electron chi connectivity index (χ0n) is 30.6. The van der Waals surface area contributed by atoms with Gasteiger partial charge in [-0.05, 0) is 104 Å². The fourth-order valence-corrected chi connectivity index (χ4v) is 8.75. The van der Waals surface area contributed by atoms with E-state index in [0.29, 0.717) is 11.1 Å². The average Bonchev–Trinajstić information content (AvgIpc) is 3.61. The Bertz CT molecular complexity index is 3510. The molecule has 0 unspecified atom stereocenters. The van der Waals surface area contributed by atoms with Gasteiger partial charge in [0, 0.05) is 38.2 Å². The maximum absolute atomic E-state index is 9.79. The van der Waals surface area contributed by atoms with Gasteiger partial charge in [0.25, 0.3) is 0 Å². The average molecular weight is 723 g/mol. The van der Waals surface area contributed by atoms with Gasteiger partial charge >= 0.3 is 0 Å². The van der Waals surface area contributed by atoms with E-state index in [-0.39, 0.29) is 0 Å². The Balaban J connectivity index is 1.12. The van der Waals surface area contributed by atoms with E-state index in [9.17, 15) is 10.5 Å². The van der Waals surface area contributed by atoms with Crippen molar-refractivity contribution >= 4 is 65.0 Å². The summed E-state index contributed by atoms with van der Waals surface area (Å²) in [5.41, 5.74) is 11.7. The van der Waals surface area contributed by atoms with Crippen molar-refractivity contribution in [2.75, 3.05) is 0 Å². The van der Waals surface area contributed by atoms with Crippen LogP contribution in [0.2, 0.25) is 0 Å². The van der Waals surface area contributed by atoms with Crippen LogP contribution >= 0.6 is 0 Å². The first-order valence-electron chi connectivity index (χ1n) is 19.0. The summed E-state index contributed by atoms with van der Waals surface area (Å²) < 4.78 is 2.27. The number of nitriles is 2. The van der Waals surface area contributed by atoms with E-state index in [1.165, 1.54) is 26.9 Å². The van der Waals surface area contributed by atoms with Crippen LogP contribution in [0.25, 0.3) is 104 Å². The van der Waals surface area contributed by atoms with Crippen LogP contribution in [0.5, 0.6) is 0 Å². The highest BCUT2D eigenvalue weighted by atomic mass is 15.0. The molecule has 0 saturated carbocycles. The minimum Gasteiger partial charge on any atom is -0.309 e. The molecule has 0 fully saturated rings. The van der Waals surface area contributed by atoms with E-state index in [2.05, 4.69) is 156 Å². The number of para-hydroxylation sites is 1. The van der Waals surface area contributed by atoms with E-state index in [4.69, 9.17) is 4.98 Å². The van der Waals surface area contributed by atoms with Gasteiger partial charge in [-0.15, -0.1) is 0 Å². The largest absolute Gasteiger partial charge is 0.309 e. The quantitative estimate of drug-likeness (QED) is 0.170. The summed E-state index contributed by atoms with van der Waals surface area (Å²) in [5.74, 6) is 0. The van der Waals surface area contributed by atoms with Crippen molar-refractivity contribution in [2.45, 2.75) is 0 Å². The van der Waals surface area contributed by atoms with E-state index >= 15 is 0 Å². The van der Waals surface area contributed by atoms with Crippen molar-refractivity contribution in [3.8, 4) is 51.3 Å². The molecular weight excluding hydrogens is 693 g/mol. The van der Waals surface area contributed by atoms with Crippen LogP contribution in [0, 0.1) is 22.7 Å². The third-order valence-electron chi connectivity index (χ3n) is 11.4. The third-order valence-corrected chi connectivity index (χ3v) is 11.4. The van der Waals surface area contributed by atoms with Gasteiger partial charge in [0.15, 0.2) is 0 Å². The second kappa shape index (κ2) is 12.8. The van der Waals surface area contributed by atoms with Gasteiger partial charge in [0.1, 0.15) is 0 Å². The normalized spacial score (nSPS) is 11.5. The highest BCUT2D eigenvalue weighted by Crippen LogP contribution is 2.44. The number of hydrogen-bond donors (Lipinski definition) is 0. The maximum atomic E-state index is 9.79. The first-order chi connectivity index (χ1) is 28.2. The first kappa shape index (κ1) is 32.4. The first-order valence-corrected chi connectivity index (χ1v) is 19.0. The van der Waals surface area contributed by atoms with E-state index < -0.39 is 0 Å². The lowest BCUT2D eigenvalue weighted by Gasteiger charge is -2.17. The molecule has 57 heavy (non-hydrogen) atoms. The van der Waals surface area contributed by atoms with Crippen molar-refractivity contribution in [3.05, 3.63) is 193 Å². The molecule has 0 N–H and O–H groups in total. The molecule has 0 aliphatic carbocycles. The van der Waals surface area contributed by atoms with Gasteiger partial charge < -0.3 is 4.57 Å². The molecule has 0 aliphatic rings. The van der Waals surface area contributed by atoms with Gasteiger partial charge in [0.05, 0.1) is 45.5 Å². The highest BCUT2D eigenvalue weighted by molar-refractivity contribution is 6.33. The van der Waals surface area contributed by atoms with E-state index in [1.807, 2.05) is 42.5 Å². The Morgan fingerprint density at radius 3 is 1.56 bits per heavy atom. The van der Waals surface area contributed by atoms with Crippen molar-refractivity contribution in [1.29, 1.82) is 10.5 Å². The Kier molecular flexibility index (Phi) is 7.26. The fourth-order valence-electron chi connectivity index (χ4n) is 8.75. The molecule has 0 radical (unpaired) electrons. The van der Waals surface area contributed by atoms with Crippen molar-refractivity contribution in [2.24, 2.45) is 0 Å². The molecule has 0 spiro atoms. The summed E-state index contributed by atoms with van der Waals surface area (Å²) in [4.78, 5) is 5.49. The number of hydrogen-bond acceptors (Lipinski definition) is 3. The van der Waals surface area contributed by atoms with Gasteiger partial charge in [-0.25, -0.2) is 4.98 Å². The Morgan fingerprint density at radius 1 is 0.368 bits per heavy atom. The minimum absolute atomic E-state index is 0.639. The molecule has 0 amide bonds. The summed E-state index contributed by atoms with van der Waals surface area (Å²) in [6.07, 6.45) is 0. The summed E-state index contributed by atoms with van der Waals surface area (Å²) in [6, 6.07) is 67.9. The van der Waals surface area contributed by atoms with Crippen LogP contribution in [0.3, 0.4) is 0 Å². The number of benzene rings is 9. The van der Waals surface area contributed by atoms with Crippen molar-refractivity contribution < 1.29 is 0 Å². The molecule has 0 saturated heterocycles. The van der Waals surface area contributed by atoms with Crippen LogP contribution < -0.4 is 0 Å². The highest BCUT2D eigenvalue weighted by Gasteiger charge is 2.19. The SMILES string of the molecule is N#Cc1ccc(-c2ccc3c(c2)nc(-c2ccc(-c4ccc5c(c4)c4cc(C#N)ccc4n5-c4ccccc4)cc2)c2c4ccccc4c4ccccc4c32)cc1. The number of aromatic nitrogens is 2. The molecule has 0 bridgehead atoms. The standard InChI is InChI=1S/C53H30N4/c54-31-33-14-17-35(18-15-33)39-23-25-45-48(30-39)56-53(52-44-13-7-5-11-42(44)41-10-4-6-12-43(41)51(45)52)37-21-19-36(20-22-37)38-24-27-50-47(29-38)46-28-34(32-55)16-26-49(46)57(50)40-8-2-1-3-9-40/h1-30H. The molecule has 262 valence electrons. The van der Waals surface area contributed by atoms with Gasteiger partial charge in [0.2, 0.25) is 0 Å². The predicted molar refractivity (Wildman–Crippen MR) is 234 cm³/mol. The molecule has 0 aliphatic heterocycles. The van der Waals surface area contributed by atoms with Gasteiger partial charge in [-0.1, -0.05) is 121 Å². The Morgan fingerprint density at radius 2 is 0.877 bits per heavy atom. The maximum Gasteiger partial charge on any atom is 0.0991 e. The Hall–Kier alpha value is -8.05. The molecule has 2 aromatic heterocycles. The summed E-state index contributed by atoms with van der Waals surface area (Å²) in [6.45, 7) is 0. The molecule has 11 aromatic rings. The summed E-state index contributed by atoms with van der Waals surface area (Å²) >= 11 is 0. The van der Waals surface area contributed by atoms with Crippen LogP contribution in [0.15, 0.2) is 182 Å². The van der Waals surface area contributed by atoms with Crippen molar-refractivity contribution in [1.82, 2.24) is 9.55 Å². The molecule has 0 atom stereocenters. The number of pyridine rings is 1. The van der Waals surface area contributed by atoms with Gasteiger partial charge in [-0.2, -0.15) is 10.5 Å². The van der Waals surface area contributed by atoms with Crippen LogP contribution in [-0.2, 0) is 0 Å². The van der Waals surface area contributed by atoms with E-state index in [1.54, 1.807) is 0 Å².